The van der Waals surface area contributed by atoms with Gasteiger partial charge in [-0.15, -0.1) is 0 Å². The van der Waals surface area contributed by atoms with E-state index in [-0.39, 0.29) is 28.8 Å². The lowest BCUT2D eigenvalue weighted by Crippen LogP contribution is -2.32. The van der Waals surface area contributed by atoms with Crippen molar-refractivity contribution < 1.29 is 18.0 Å². The number of benzene rings is 1. The van der Waals surface area contributed by atoms with Crippen LogP contribution in [0.25, 0.3) is 0 Å². The van der Waals surface area contributed by atoms with Crippen molar-refractivity contribution in [1.82, 2.24) is 9.88 Å². The number of hydrogen-bond donors (Lipinski definition) is 0. The molecule has 132 valence electrons. The molecule has 0 N–H and O–H groups in total. The molecule has 0 atom stereocenters. The van der Waals surface area contributed by atoms with E-state index in [1.165, 1.54) is 24.3 Å². The minimum absolute atomic E-state index is 0.0699. The summed E-state index contributed by atoms with van der Waals surface area (Å²) in [4.78, 5) is 18.2. The second kappa shape index (κ2) is 6.84. The molecular weight excluding hydrogens is 376 g/mol. The summed E-state index contributed by atoms with van der Waals surface area (Å²) in [6, 6.07) is 7.74. The van der Waals surface area contributed by atoms with Crippen LogP contribution in [0.5, 0.6) is 0 Å². The van der Waals surface area contributed by atoms with Gasteiger partial charge in [0.2, 0.25) is 0 Å². The first-order valence-corrected chi connectivity index (χ1v) is 8.30. The number of carbonyl (C=O) groups excluding carboxylic acids is 1. The average Bonchev–Trinajstić information content (AvgIpc) is 3.35. The SMILES string of the molecule is O=C(c1cc(Cl)nc(Cl)c1)N(Cc1ccc(C(F)(F)F)cc1)C1CC1. The quantitative estimate of drug-likeness (QED) is 0.673. The topological polar surface area (TPSA) is 33.2 Å². The molecule has 0 radical (unpaired) electrons. The van der Waals surface area contributed by atoms with Crippen molar-refractivity contribution in [2.24, 2.45) is 0 Å². The Labute approximate surface area is 152 Å². The molecule has 1 amide bonds. The van der Waals surface area contributed by atoms with E-state index in [1.54, 1.807) is 4.90 Å². The molecule has 25 heavy (non-hydrogen) atoms. The first kappa shape index (κ1) is 18.0. The monoisotopic (exact) mass is 388 g/mol. The molecule has 0 saturated heterocycles. The standard InChI is InChI=1S/C17H13Cl2F3N2O/c18-14-7-11(8-15(19)23-14)16(25)24(13-5-6-13)9-10-1-3-12(4-2-10)17(20,21)22/h1-4,7-8,13H,5-6,9H2. The summed E-state index contributed by atoms with van der Waals surface area (Å²) in [7, 11) is 0. The zero-order valence-corrected chi connectivity index (χ0v) is 14.4. The van der Waals surface area contributed by atoms with Crippen LogP contribution in [0.4, 0.5) is 13.2 Å². The Morgan fingerprint density at radius 3 is 2.16 bits per heavy atom. The molecule has 1 aliphatic carbocycles. The van der Waals surface area contributed by atoms with Gasteiger partial charge in [0.1, 0.15) is 10.3 Å². The van der Waals surface area contributed by atoms with E-state index in [0.717, 1.165) is 25.0 Å². The number of aromatic nitrogens is 1. The molecule has 0 aliphatic heterocycles. The summed E-state index contributed by atoms with van der Waals surface area (Å²) < 4.78 is 38.0. The lowest BCUT2D eigenvalue weighted by Gasteiger charge is -2.23. The smallest absolute Gasteiger partial charge is 0.331 e. The normalized spacial score (nSPS) is 14.4. The Bertz CT molecular complexity index is 769. The van der Waals surface area contributed by atoms with Gasteiger partial charge in [0.15, 0.2) is 0 Å². The second-order valence-electron chi connectivity index (χ2n) is 5.86. The molecule has 3 nitrogen and oxygen atoms in total. The Morgan fingerprint density at radius 2 is 1.68 bits per heavy atom. The van der Waals surface area contributed by atoms with Crippen LogP contribution in [0.3, 0.4) is 0 Å². The maximum absolute atomic E-state index is 12.8. The molecule has 1 aromatic carbocycles. The van der Waals surface area contributed by atoms with Gasteiger partial charge in [-0.25, -0.2) is 4.98 Å². The molecule has 1 heterocycles. The largest absolute Gasteiger partial charge is 0.416 e. The molecular formula is C17H13Cl2F3N2O. The van der Waals surface area contributed by atoms with Crippen LogP contribution in [0.2, 0.25) is 10.3 Å². The van der Waals surface area contributed by atoms with E-state index in [1.807, 2.05) is 0 Å². The van der Waals surface area contributed by atoms with Gasteiger partial charge in [0, 0.05) is 18.2 Å². The summed E-state index contributed by atoms with van der Waals surface area (Å²) in [5.74, 6) is -0.270. The van der Waals surface area contributed by atoms with E-state index in [2.05, 4.69) is 4.98 Å². The highest BCUT2D eigenvalue weighted by Gasteiger charge is 2.34. The Hall–Kier alpha value is -1.79. The van der Waals surface area contributed by atoms with Crippen LogP contribution in [0.15, 0.2) is 36.4 Å². The van der Waals surface area contributed by atoms with Gasteiger partial charge in [0.25, 0.3) is 5.91 Å². The van der Waals surface area contributed by atoms with Crippen molar-refractivity contribution in [1.29, 1.82) is 0 Å². The highest BCUT2D eigenvalue weighted by molar-refractivity contribution is 6.33. The van der Waals surface area contributed by atoms with Gasteiger partial charge in [-0.1, -0.05) is 35.3 Å². The third-order valence-electron chi connectivity index (χ3n) is 3.89. The van der Waals surface area contributed by atoms with E-state index >= 15 is 0 Å². The third kappa shape index (κ3) is 4.44. The molecule has 0 unspecified atom stereocenters. The van der Waals surface area contributed by atoms with Crippen molar-refractivity contribution in [3.05, 3.63) is 63.4 Å². The number of pyridine rings is 1. The summed E-state index contributed by atoms with van der Waals surface area (Å²) in [5, 5.41) is 0.224. The number of nitrogens with zero attached hydrogens (tertiary/aromatic N) is 2. The summed E-state index contributed by atoms with van der Waals surface area (Å²) in [6.07, 6.45) is -2.66. The lowest BCUT2D eigenvalue weighted by molar-refractivity contribution is -0.137. The number of alkyl halides is 3. The summed E-state index contributed by atoms with van der Waals surface area (Å²) in [6.45, 7) is 0.221. The maximum Gasteiger partial charge on any atom is 0.416 e. The molecule has 0 bridgehead atoms. The van der Waals surface area contributed by atoms with Crippen LogP contribution < -0.4 is 0 Å². The van der Waals surface area contributed by atoms with Gasteiger partial charge in [0.05, 0.1) is 5.56 Å². The number of carbonyl (C=O) groups is 1. The fraction of sp³-hybridized carbons (Fsp3) is 0.294. The fourth-order valence-corrected chi connectivity index (χ4v) is 2.96. The fourth-order valence-electron chi connectivity index (χ4n) is 2.50. The molecule has 2 aromatic rings. The van der Waals surface area contributed by atoms with Gasteiger partial charge in [-0.3, -0.25) is 4.79 Å². The average molecular weight is 389 g/mol. The molecule has 0 spiro atoms. The van der Waals surface area contributed by atoms with Crippen LogP contribution in [0, 0.1) is 0 Å². The zero-order chi connectivity index (χ0) is 18.2. The molecule has 1 aromatic heterocycles. The zero-order valence-electron chi connectivity index (χ0n) is 12.9. The minimum Gasteiger partial charge on any atom is -0.331 e. The molecule has 3 rings (SSSR count). The van der Waals surface area contributed by atoms with Crippen molar-refractivity contribution in [2.45, 2.75) is 31.6 Å². The Kier molecular flexibility index (Phi) is 4.93. The van der Waals surface area contributed by atoms with Crippen molar-refractivity contribution in [2.75, 3.05) is 0 Å². The van der Waals surface area contributed by atoms with Gasteiger partial charge >= 0.3 is 6.18 Å². The first-order valence-electron chi connectivity index (χ1n) is 7.54. The van der Waals surface area contributed by atoms with Crippen molar-refractivity contribution in [3.63, 3.8) is 0 Å². The lowest BCUT2D eigenvalue weighted by atomic mass is 10.1. The number of amides is 1. The van der Waals surface area contributed by atoms with Crippen molar-refractivity contribution in [3.8, 4) is 0 Å². The summed E-state index contributed by atoms with van der Waals surface area (Å²) in [5.41, 5.74) is 0.219. The highest BCUT2D eigenvalue weighted by Crippen LogP contribution is 2.32. The third-order valence-corrected chi connectivity index (χ3v) is 4.28. The Balaban J connectivity index is 1.81. The van der Waals surface area contributed by atoms with Gasteiger partial charge in [-0.05, 0) is 42.7 Å². The van der Waals surface area contributed by atoms with E-state index in [9.17, 15) is 18.0 Å². The van der Waals surface area contributed by atoms with Crippen LogP contribution in [-0.2, 0) is 12.7 Å². The van der Waals surface area contributed by atoms with Gasteiger partial charge in [-0.2, -0.15) is 13.2 Å². The highest BCUT2D eigenvalue weighted by atomic mass is 35.5. The summed E-state index contributed by atoms with van der Waals surface area (Å²) >= 11 is 11.7. The van der Waals surface area contributed by atoms with Crippen LogP contribution >= 0.6 is 23.2 Å². The molecule has 8 heteroatoms. The van der Waals surface area contributed by atoms with Crippen LogP contribution in [-0.4, -0.2) is 21.8 Å². The first-order chi connectivity index (χ1) is 11.7. The number of halogens is 5. The molecule has 1 saturated carbocycles. The van der Waals surface area contributed by atoms with E-state index in [4.69, 9.17) is 23.2 Å². The predicted molar refractivity (Wildman–Crippen MR) is 88.6 cm³/mol. The molecule has 1 aliphatic rings. The Morgan fingerprint density at radius 1 is 1.12 bits per heavy atom. The number of rotatable bonds is 4. The van der Waals surface area contributed by atoms with Gasteiger partial charge < -0.3 is 4.90 Å². The maximum atomic E-state index is 12.8. The van der Waals surface area contributed by atoms with E-state index < -0.39 is 11.7 Å². The van der Waals surface area contributed by atoms with Crippen LogP contribution in [0.1, 0.15) is 34.3 Å². The van der Waals surface area contributed by atoms with Crippen molar-refractivity contribution >= 4 is 29.1 Å². The van der Waals surface area contributed by atoms with E-state index in [0.29, 0.717) is 11.1 Å². The predicted octanol–water partition coefficient (Wildman–Crippen LogP) is 5.21. The number of hydrogen-bond acceptors (Lipinski definition) is 2. The second-order valence-corrected chi connectivity index (χ2v) is 6.63. The molecule has 1 fully saturated rings. The minimum atomic E-state index is -4.38.